The van der Waals surface area contributed by atoms with Crippen LogP contribution in [0.25, 0.3) is 0 Å². The van der Waals surface area contributed by atoms with E-state index in [1.807, 2.05) is 0 Å². The average molecular weight is 439 g/mol. The minimum absolute atomic E-state index is 0.0159. The second kappa shape index (κ2) is 8.63. The van der Waals surface area contributed by atoms with Crippen molar-refractivity contribution in [3.8, 4) is 11.5 Å². The number of halogens is 1. The lowest BCUT2D eigenvalue weighted by Gasteiger charge is -2.14. The van der Waals surface area contributed by atoms with Gasteiger partial charge in [-0.1, -0.05) is 15.9 Å². The SMILES string of the molecule is COc1ccc(C(=O)O)cc1NC(=S)NC(=O)c1cc(Br)ccc1OC. The Labute approximate surface area is 163 Å². The monoisotopic (exact) mass is 438 g/mol. The van der Waals surface area contributed by atoms with Crippen molar-refractivity contribution in [1.82, 2.24) is 5.32 Å². The molecule has 26 heavy (non-hydrogen) atoms. The fourth-order valence-corrected chi connectivity index (χ4v) is 2.68. The second-order valence-electron chi connectivity index (χ2n) is 4.97. The van der Waals surface area contributed by atoms with E-state index in [0.29, 0.717) is 21.7 Å². The fourth-order valence-electron chi connectivity index (χ4n) is 2.12. The number of hydrogen-bond acceptors (Lipinski definition) is 5. The molecule has 0 aliphatic rings. The van der Waals surface area contributed by atoms with E-state index in [0.717, 1.165) is 0 Å². The van der Waals surface area contributed by atoms with Gasteiger partial charge in [-0.05, 0) is 48.6 Å². The van der Waals surface area contributed by atoms with Crippen molar-refractivity contribution in [2.24, 2.45) is 0 Å². The largest absolute Gasteiger partial charge is 0.496 e. The van der Waals surface area contributed by atoms with Crippen LogP contribution < -0.4 is 20.1 Å². The van der Waals surface area contributed by atoms with Crippen LogP contribution in [0.4, 0.5) is 5.69 Å². The Bertz CT molecular complexity index is 872. The highest BCUT2D eigenvalue weighted by Crippen LogP contribution is 2.26. The Kier molecular flexibility index (Phi) is 6.53. The van der Waals surface area contributed by atoms with E-state index in [9.17, 15) is 9.59 Å². The van der Waals surface area contributed by atoms with Gasteiger partial charge in [-0.3, -0.25) is 10.1 Å². The van der Waals surface area contributed by atoms with E-state index in [1.54, 1.807) is 18.2 Å². The lowest BCUT2D eigenvalue weighted by atomic mass is 10.2. The highest BCUT2D eigenvalue weighted by Gasteiger charge is 2.16. The first-order chi connectivity index (χ1) is 12.3. The van der Waals surface area contributed by atoms with Crippen molar-refractivity contribution >= 4 is 50.8 Å². The number of aromatic carboxylic acids is 1. The summed E-state index contributed by atoms with van der Waals surface area (Å²) in [4.78, 5) is 23.6. The minimum Gasteiger partial charge on any atom is -0.496 e. The van der Waals surface area contributed by atoms with Gasteiger partial charge in [0.25, 0.3) is 5.91 Å². The van der Waals surface area contributed by atoms with Crippen molar-refractivity contribution in [2.45, 2.75) is 0 Å². The quantitative estimate of drug-likeness (QED) is 0.616. The molecule has 2 rings (SSSR count). The molecule has 0 bridgehead atoms. The normalized spacial score (nSPS) is 9.96. The van der Waals surface area contributed by atoms with Gasteiger partial charge in [0, 0.05) is 4.47 Å². The number of hydrogen-bond donors (Lipinski definition) is 3. The van der Waals surface area contributed by atoms with Crippen LogP contribution in [0.15, 0.2) is 40.9 Å². The number of amides is 1. The Morgan fingerprint density at radius 2 is 1.73 bits per heavy atom. The summed E-state index contributed by atoms with van der Waals surface area (Å²) in [5.74, 6) is -0.802. The second-order valence-corrected chi connectivity index (χ2v) is 6.30. The summed E-state index contributed by atoms with van der Waals surface area (Å²) >= 11 is 8.44. The number of rotatable bonds is 5. The average Bonchev–Trinajstić information content (AvgIpc) is 2.61. The number of ether oxygens (including phenoxy) is 2. The molecule has 0 aliphatic carbocycles. The van der Waals surface area contributed by atoms with Crippen LogP contribution in [0.2, 0.25) is 0 Å². The third kappa shape index (κ3) is 4.70. The number of nitrogens with one attached hydrogen (secondary N) is 2. The molecule has 0 aromatic heterocycles. The third-order valence-corrected chi connectivity index (χ3v) is 4.03. The summed E-state index contributed by atoms with van der Waals surface area (Å²) in [6.45, 7) is 0. The summed E-state index contributed by atoms with van der Waals surface area (Å²) in [5.41, 5.74) is 0.660. The van der Waals surface area contributed by atoms with E-state index in [1.165, 1.54) is 32.4 Å². The molecular weight excluding hydrogens is 424 g/mol. The minimum atomic E-state index is -1.09. The van der Waals surface area contributed by atoms with E-state index >= 15 is 0 Å². The topological polar surface area (TPSA) is 96.9 Å². The molecule has 0 unspecified atom stereocenters. The van der Waals surface area contributed by atoms with Crippen LogP contribution in [0, 0.1) is 0 Å². The van der Waals surface area contributed by atoms with E-state index in [2.05, 4.69) is 26.6 Å². The van der Waals surface area contributed by atoms with Gasteiger partial charge in [0.15, 0.2) is 5.11 Å². The third-order valence-electron chi connectivity index (χ3n) is 3.33. The van der Waals surface area contributed by atoms with E-state index < -0.39 is 11.9 Å². The summed E-state index contributed by atoms with van der Waals surface area (Å²) in [6, 6.07) is 9.25. The van der Waals surface area contributed by atoms with E-state index in [-0.39, 0.29) is 16.2 Å². The standard InChI is InChI=1S/C17H15BrN2O5S/c1-24-13-6-4-10(18)8-11(13)15(21)20-17(26)19-12-7-9(16(22)23)3-5-14(12)25-2/h3-8H,1-2H3,(H,22,23)(H2,19,20,21,26). The Morgan fingerprint density at radius 3 is 2.35 bits per heavy atom. The number of methoxy groups -OCH3 is 2. The van der Waals surface area contributed by atoms with Crippen LogP contribution in [0.5, 0.6) is 11.5 Å². The van der Waals surface area contributed by atoms with Crippen LogP contribution >= 0.6 is 28.1 Å². The van der Waals surface area contributed by atoms with Crippen molar-refractivity contribution < 1.29 is 24.2 Å². The van der Waals surface area contributed by atoms with Crippen molar-refractivity contribution in [3.05, 3.63) is 52.0 Å². The van der Waals surface area contributed by atoms with Crippen LogP contribution in [-0.4, -0.2) is 36.3 Å². The molecule has 1 amide bonds. The molecule has 0 aliphatic heterocycles. The molecule has 3 N–H and O–H groups in total. The molecule has 2 aromatic rings. The molecule has 0 saturated heterocycles. The highest BCUT2D eigenvalue weighted by atomic mass is 79.9. The molecule has 0 saturated carbocycles. The number of carbonyl (C=O) groups is 2. The number of carboxylic acids is 1. The van der Waals surface area contributed by atoms with Crippen molar-refractivity contribution in [3.63, 3.8) is 0 Å². The summed E-state index contributed by atoms with van der Waals surface area (Å²) in [6.07, 6.45) is 0. The van der Waals surface area contributed by atoms with Gasteiger partial charge in [0.1, 0.15) is 11.5 Å². The summed E-state index contributed by atoms with van der Waals surface area (Å²) in [7, 11) is 2.90. The number of anilines is 1. The number of carboxylic acid groups (broad SMARTS) is 1. The molecule has 9 heteroatoms. The summed E-state index contributed by atoms with van der Waals surface area (Å²) < 4.78 is 11.0. The maximum atomic E-state index is 12.4. The van der Waals surface area contributed by atoms with Gasteiger partial charge in [-0.2, -0.15) is 0 Å². The predicted octanol–water partition coefficient (Wildman–Crippen LogP) is 3.29. The molecule has 7 nitrogen and oxygen atoms in total. The lowest BCUT2D eigenvalue weighted by Crippen LogP contribution is -2.34. The molecular formula is C17H15BrN2O5S. The zero-order valence-corrected chi connectivity index (χ0v) is 16.2. The van der Waals surface area contributed by atoms with Gasteiger partial charge in [0.05, 0.1) is 31.0 Å². The van der Waals surface area contributed by atoms with Crippen LogP contribution in [0.3, 0.4) is 0 Å². The first-order valence-electron chi connectivity index (χ1n) is 7.23. The number of carbonyl (C=O) groups excluding carboxylic acids is 1. The molecule has 2 aromatic carbocycles. The smallest absolute Gasteiger partial charge is 0.335 e. The first kappa shape index (κ1) is 19.7. The van der Waals surface area contributed by atoms with Gasteiger partial charge in [-0.15, -0.1) is 0 Å². The number of thiocarbonyl (C=S) groups is 1. The Hall–Kier alpha value is -2.65. The van der Waals surface area contributed by atoms with E-state index in [4.69, 9.17) is 26.8 Å². The van der Waals surface area contributed by atoms with Gasteiger partial charge >= 0.3 is 5.97 Å². The number of benzene rings is 2. The molecule has 0 spiro atoms. The van der Waals surface area contributed by atoms with Gasteiger partial charge in [0.2, 0.25) is 0 Å². The van der Waals surface area contributed by atoms with Crippen LogP contribution in [-0.2, 0) is 0 Å². The first-order valence-corrected chi connectivity index (χ1v) is 8.43. The van der Waals surface area contributed by atoms with Gasteiger partial charge < -0.3 is 19.9 Å². The lowest BCUT2D eigenvalue weighted by molar-refractivity contribution is 0.0696. The molecule has 136 valence electrons. The highest BCUT2D eigenvalue weighted by molar-refractivity contribution is 9.10. The molecule has 0 fully saturated rings. The van der Waals surface area contributed by atoms with Crippen molar-refractivity contribution in [2.75, 3.05) is 19.5 Å². The van der Waals surface area contributed by atoms with Crippen LogP contribution in [0.1, 0.15) is 20.7 Å². The Morgan fingerprint density at radius 1 is 1.08 bits per heavy atom. The summed E-state index contributed by atoms with van der Waals surface area (Å²) in [5, 5.41) is 14.4. The van der Waals surface area contributed by atoms with Crippen molar-refractivity contribution in [1.29, 1.82) is 0 Å². The Balaban J connectivity index is 2.19. The molecule has 0 atom stereocenters. The fraction of sp³-hybridized carbons (Fsp3) is 0.118. The van der Waals surface area contributed by atoms with Gasteiger partial charge in [-0.25, -0.2) is 4.79 Å². The zero-order valence-electron chi connectivity index (χ0n) is 13.8. The molecule has 0 radical (unpaired) electrons. The maximum absolute atomic E-state index is 12.4. The predicted molar refractivity (Wildman–Crippen MR) is 104 cm³/mol. The maximum Gasteiger partial charge on any atom is 0.335 e. The molecule has 0 heterocycles. The zero-order chi connectivity index (χ0) is 19.3.